The van der Waals surface area contributed by atoms with E-state index in [1.807, 2.05) is 18.7 Å². The fourth-order valence-corrected chi connectivity index (χ4v) is 4.43. The van der Waals surface area contributed by atoms with E-state index >= 15 is 0 Å². The summed E-state index contributed by atoms with van der Waals surface area (Å²) < 4.78 is 0. The van der Waals surface area contributed by atoms with Crippen molar-refractivity contribution in [3.8, 4) is 0 Å². The number of nitrogens with zero attached hydrogens (tertiary/aromatic N) is 1. The third-order valence-corrected chi connectivity index (χ3v) is 6.49. The summed E-state index contributed by atoms with van der Waals surface area (Å²) in [5.41, 5.74) is 3.05. The van der Waals surface area contributed by atoms with Crippen LogP contribution in [0.3, 0.4) is 0 Å². The third-order valence-electron chi connectivity index (χ3n) is 6.49. The third kappa shape index (κ3) is 3.90. The van der Waals surface area contributed by atoms with E-state index in [1.165, 1.54) is 17.5 Å². The minimum absolute atomic E-state index is 0.0147. The van der Waals surface area contributed by atoms with Gasteiger partial charge in [-0.05, 0) is 35.3 Å². The van der Waals surface area contributed by atoms with Gasteiger partial charge in [-0.3, -0.25) is 9.59 Å². The summed E-state index contributed by atoms with van der Waals surface area (Å²) in [6.45, 7) is 12.7. The Balaban J connectivity index is 1.66. The Morgan fingerprint density at radius 3 is 2.44 bits per heavy atom. The predicted molar refractivity (Wildman–Crippen MR) is 109 cm³/mol. The maximum Gasteiger partial charge on any atom is 0.227 e. The summed E-state index contributed by atoms with van der Waals surface area (Å²) in [5.74, 6) is 0.690. The van der Waals surface area contributed by atoms with E-state index in [-0.39, 0.29) is 28.6 Å². The van der Waals surface area contributed by atoms with Gasteiger partial charge in [-0.25, -0.2) is 0 Å². The molecule has 3 rings (SSSR count). The summed E-state index contributed by atoms with van der Waals surface area (Å²) >= 11 is 0. The maximum absolute atomic E-state index is 13.0. The Morgan fingerprint density at radius 1 is 1.22 bits per heavy atom. The highest BCUT2D eigenvalue weighted by Crippen LogP contribution is 2.59. The number of rotatable bonds is 6. The lowest BCUT2D eigenvalue weighted by atomic mass is 9.85. The molecule has 0 radical (unpaired) electrons. The van der Waals surface area contributed by atoms with Crippen LogP contribution in [0, 0.1) is 11.8 Å². The van der Waals surface area contributed by atoms with Crippen molar-refractivity contribution in [2.45, 2.75) is 64.7 Å². The van der Waals surface area contributed by atoms with E-state index in [9.17, 15) is 9.59 Å². The summed E-state index contributed by atoms with van der Waals surface area (Å²) in [5, 5.41) is 2.89. The van der Waals surface area contributed by atoms with Gasteiger partial charge in [0, 0.05) is 31.5 Å². The van der Waals surface area contributed by atoms with Crippen molar-refractivity contribution in [3.63, 3.8) is 0 Å². The van der Waals surface area contributed by atoms with Gasteiger partial charge in [-0.1, -0.05) is 58.9 Å². The zero-order valence-electron chi connectivity index (χ0n) is 17.5. The molecule has 1 aliphatic heterocycles. The van der Waals surface area contributed by atoms with Crippen LogP contribution in [0.25, 0.3) is 0 Å². The maximum atomic E-state index is 13.0. The van der Waals surface area contributed by atoms with Gasteiger partial charge in [0.15, 0.2) is 0 Å². The summed E-state index contributed by atoms with van der Waals surface area (Å²) in [4.78, 5) is 26.6. The lowest BCUT2D eigenvalue weighted by molar-refractivity contribution is -0.135. The predicted octanol–water partition coefficient (Wildman–Crippen LogP) is 3.64. The molecule has 27 heavy (non-hydrogen) atoms. The average molecular weight is 371 g/mol. The summed E-state index contributed by atoms with van der Waals surface area (Å²) in [7, 11) is 0. The number of nitrogens with one attached hydrogen (secondary N) is 1. The lowest BCUT2D eigenvalue weighted by Gasteiger charge is -2.26. The quantitative estimate of drug-likeness (QED) is 0.831. The van der Waals surface area contributed by atoms with Gasteiger partial charge in [0.05, 0.1) is 5.92 Å². The zero-order valence-corrected chi connectivity index (χ0v) is 17.5. The van der Waals surface area contributed by atoms with Gasteiger partial charge in [-0.15, -0.1) is 0 Å². The molecule has 2 amide bonds. The van der Waals surface area contributed by atoms with Crippen molar-refractivity contribution in [1.82, 2.24) is 10.2 Å². The van der Waals surface area contributed by atoms with Crippen LogP contribution >= 0.6 is 0 Å². The second-order valence-corrected chi connectivity index (χ2v) is 9.37. The average Bonchev–Trinajstić information content (AvgIpc) is 3.22. The van der Waals surface area contributed by atoms with Crippen molar-refractivity contribution < 1.29 is 9.59 Å². The number of piperidine rings is 1. The number of hydrogen-bond donors (Lipinski definition) is 1. The molecule has 1 aromatic rings. The van der Waals surface area contributed by atoms with Gasteiger partial charge in [0.25, 0.3) is 0 Å². The standard InChI is InChI=1S/C23H34N2O2/c1-6-16(13-24-20(26)7-2)21(27)25-14-19-12-23(19,15-25)18-10-8-17(9-11-18)22(3,4)5/h8-11,16,19H,6-7,12-15H2,1-5H3,(H,24,26). The second-order valence-electron chi connectivity index (χ2n) is 9.37. The lowest BCUT2D eigenvalue weighted by Crippen LogP contribution is -2.42. The molecule has 1 heterocycles. The highest BCUT2D eigenvalue weighted by atomic mass is 16.2. The molecule has 3 atom stereocenters. The molecule has 1 aromatic carbocycles. The van der Waals surface area contributed by atoms with Crippen molar-refractivity contribution in [2.24, 2.45) is 11.8 Å². The van der Waals surface area contributed by atoms with Crippen LogP contribution in [-0.2, 0) is 20.4 Å². The number of amides is 2. The van der Waals surface area contributed by atoms with Crippen LogP contribution in [0.15, 0.2) is 24.3 Å². The van der Waals surface area contributed by atoms with Gasteiger partial charge in [-0.2, -0.15) is 0 Å². The first-order valence-electron chi connectivity index (χ1n) is 10.4. The molecular formula is C23H34N2O2. The number of carbonyl (C=O) groups excluding carboxylic acids is 2. The van der Waals surface area contributed by atoms with E-state index in [0.717, 1.165) is 19.5 Å². The smallest absolute Gasteiger partial charge is 0.227 e. The molecule has 1 saturated carbocycles. The largest absolute Gasteiger partial charge is 0.355 e. The van der Waals surface area contributed by atoms with Gasteiger partial charge in [0.2, 0.25) is 11.8 Å². The Hall–Kier alpha value is -1.84. The van der Waals surface area contributed by atoms with Crippen molar-refractivity contribution in [1.29, 1.82) is 0 Å². The molecule has 1 N–H and O–H groups in total. The van der Waals surface area contributed by atoms with Crippen LogP contribution in [0.5, 0.6) is 0 Å². The number of likely N-dealkylation sites (tertiary alicyclic amines) is 1. The van der Waals surface area contributed by atoms with E-state index in [0.29, 0.717) is 18.9 Å². The second kappa shape index (κ2) is 7.29. The highest BCUT2D eigenvalue weighted by Gasteiger charge is 2.61. The molecule has 0 bridgehead atoms. The van der Waals surface area contributed by atoms with E-state index in [1.54, 1.807) is 0 Å². The van der Waals surface area contributed by atoms with Crippen molar-refractivity contribution >= 4 is 11.8 Å². The number of benzene rings is 1. The first kappa shape index (κ1) is 19.9. The Kier molecular flexibility index (Phi) is 5.38. The van der Waals surface area contributed by atoms with Crippen LogP contribution in [0.1, 0.15) is 65.0 Å². The zero-order chi connectivity index (χ0) is 19.8. The molecule has 2 aliphatic rings. The highest BCUT2D eigenvalue weighted by molar-refractivity contribution is 5.81. The molecule has 0 spiro atoms. The van der Waals surface area contributed by atoms with E-state index < -0.39 is 0 Å². The SMILES string of the molecule is CCC(=O)NCC(CC)C(=O)N1CC2CC2(c2ccc(C(C)(C)C)cc2)C1. The van der Waals surface area contributed by atoms with Crippen LogP contribution < -0.4 is 5.32 Å². The number of carbonyl (C=O) groups is 2. The molecule has 2 fully saturated rings. The normalized spacial score (nSPS) is 25.1. The Bertz CT molecular complexity index is 704. The van der Waals surface area contributed by atoms with E-state index in [4.69, 9.17) is 0 Å². The molecule has 3 unspecified atom stereocenters. The number of hydrogen-bond acceptors (Lipinski definition) is 2. The van der Waals surface area contributed by atoms with E-state index in [2.05, 4.69) is 50.4 Å². The van der Waals surface area contributed by atoms with Gasteiger partial charge >= 0.3 is 0 Å². The minimum atomic E-state index is -0.113. The van der Waals surface area contributed by atoms with Crippen molar-refractivity contribution in [2.75, 3.05) is 19.6 Å². The molecule has 4 heteroatoms. The monoisotopic (exact) mass is 370 g/mol. The molecule has 148 valence electrons. The fourth-order valence-electron chi connectivity index (χ4n) is 4.43. The molecule has 1 saturated heterocycles. The molecule has 4 nitrogen and oxygen atoms in total. The number of fused-ring (bicyclic) bond motifs is 1. The van der Waals surface area contributed by atoms with Gasteiger partial charge in [0.1, 0.15) is 0 Å². The van der Waals surface area contributed by atoms with Crippen LogP contribution in [0.4, 0.5) is 0 Å². The summed E-state index contributed by atoms with van der Waals surface area (Å²) in [6, 6.07) is 9.04. The molecule has 1 aliphatic carbocycles. The minimum Gasteiger partial charge on any atom is -0.355 e. The Morgan fingerprint density at radius 2 is 1.89 bits per heavy atom. The van der Waals surface area contributed by atoms with Crippen LogP contribution in [0.2, 0.25) is 0 Å². The van der Waals surface area contributed by atoms with Crippen LogP contribution in [-0.4, -0.2) is 36.3 Å². The summed E-state index contributed by atoms with van der Waals surface area (Å²) in [6.07, 6.45) is 2.41. The fraction of sp³-hybridized carbons (Fsp3) is 0.652. The first-order valence-corrected chi connectivity index (χ1v) is 10.4. The molecule has 0 aromatic heterocycles. The van der Waals surface area contributed by atoms with Crippen molar-refractivity contribution in [3.05, 3.63) is 35.4 Å². The first-order chi connectivity index (χ1) is 12.7. The Labute approximate surface area is 163 Å². The molecular weight excluding hydrogens is 336 g/mol. The van der Waals surface area contributed by atoms with Gasteiger partial charge < -0.3 is 10.2 Å². The topological polar surface area (TPSA) is 49.4 Å².